The lowest BCUT2D eigenvalue weighted by molar-refractivity contribution is -0.255. The SMILES string of the molecule is O=C([O-])c1ccccc1[S@](=O)CCO. The van der Waals surface area contributed by atoms with Gasteiger partial charge in [-0.15, -0.1) is 0 Å². The number of aliphatic hydroxyl groups is 1. The minimum Gasteiger partial charge on any atom is -0.545 e. The van der Waals surface area contributed by atoms with Crippen LogP contribution in [0, 0.1) is 0 Å². The first kappa shape index (κ1) is 10.9. The Morgan fingerprint density at radius 1 is 1.43 bits per heavy atom. The van der Waals surface area contributed by atoms with Crippen LogP contribution in [-0.4, -0.2) is 27.6 Å². The Balaban J connectivity index is 3.07. The standard InChI is InChI=1S/C9H10O4S/c10-5-6-14(13)8-4-2-1-3-7(8)9(11)12/h1-4,10H,5-6H2,(H,11,12)/p-1/t14-/m1/s1. The van der Waals surface area contributed by atoms with Gasteiger partial charge in [0.15, 0.2) is 0 Å². The van der Waals surface area contributed by atoms with Gasteiger partial charge in [0.05, 0.1) is 29.1 Å². The number of hydrogen-bond donors (Lipinski definition) is 1. The van der Waals surface area contributed by atoms with Crippen LogP contribution in [0.2, 0.25) is 0 Å². The molecule has 0 unspecified atom stereocenters. The molecule has 14 heavy (non-hydrogen) atoms. The van der Waals surface area contributed by atoms with E-state index in [1.54, 1.807) is 6.07 Å². The highest BCUT2D eigenvalue weighted by Gasteiger charge is 2.08. The second kappa shape index (κ2) is 4.88. The van der Waals surface area contributed by atoms with Crippen molar-refractivity contribution in [1.29, 1.82) is 0 Å². The van der Waals surface area contributed by atoms with Crippen LogP contribution >= 0.6 is 0 Å². The molecule has 1 N–H and O–H groups in total. The number of benzene rings is 1. The Kier molecular flexibility index (Phi) is 3.79. The van der Waals surface area contributed by atoms with Gasteiger partial charge in [0.1, 0.15) is 0 Å². The first-order chi connectivity index (χ1) is 6.66. The molecule has 0 saturated heterocycles. The van der Waals surface area contributed by atoms with Gasteiger partial charge in [-0.2, -0.15) is 0 Å². The zero-order valence-electron chi connectivity index (χ0n) is 7.30. The molecule has 0 aromatic heterocycles. The Labute approximate surface area is 83.7 Å². The van der Waals surface area contributed by atoms with Crippen LogP contribution in [0.1, 0.15) is 10.4 Å². The van der Waals surface area contributed by atoms with E-state index in [9.17, 15) is 14.1 Å². The number of carboxylic acids is 1. The molecule has 0 aliphatic heterocycles. The van der Waals surface area contributed by atoms with Gasteiger partial charge in [0, 0.05) is 10.5 Å². The van der Waals surface area contributed by atoms with E-state index in [-0.39, 0.29) is 22.8 Å². The normalized spacial score (nSPS) is 12.4. The molecule has 1 aromatic carbocycles. The summed E-state index contributed by atoms with van der Waals surface area (Å²) in [7, 11) is -1.49. The van der Waals surface area contributed by atoms with Crippen LogP contribution in [0.4, 0.5) is 0 Å². The summed E-state index contributed by atoms with van der Waals surface area (Å²) in [6.07, 6.45) is 0. The molecular weight excluding hydrogens is 204 g/mol. The van der Waals surface area contributed by atoms with Crippen LogP contribution in [0.3, 0.4) is 0 Å². The van der Waals surface area contributed by atoms with Crippen LogP contribution in [0.25, 0.3) is 0 Å². The van der Waals surface area contributed by atoms with Gasteiger partial charge < -0.3 is 15.0 Å². The smallest absolute Gasteiger partial charge is 0.0727 e. The number of carbonyl (C=O) groups excluding carboxylic acids is 1. The lowest BCUT2D eigenvalue weighted by atomic mass is 10.2. The summed E-state index contributed by atoms with van der Waals surface area (Å²) in [6.45, 7) is -0.242. The average molecular weight is 213 g/mol. The summed E-state index contributed by atoms with van der Waals surface area (Å²) in [4.78, 5) is 10.8. The lowest BCUT2D eigenvalue weighted by Gasteiger charge is -2.08. The van der Waals surface area contributed by atoms with E-state index in [0.29, 0.717) is 0 Å². The minimum absolute atomic E-state index is 0.0320. The molecular formula is C9H9O4S-. The van der Waals surface area contributed by atoms with E-state index in [1.165, 1.54) is 18.2 Å². The largest absolute Gasteiger partial charge is 0.545 e. The van der Waals surface area contributed by atoms with Gasteiger partial charge in [-0.3, -0.25) is 4.21 Å². The molecule has 1 rings (SSSR count). The third-order valence-corrected chi connectivity index (χ3v) is 3.03. The number of aliphatic hydroxyl groups excluding tert-OH is 1. The first-order valence-corrected chi connectivity index (χ1v) is 5.28. The van der Waals surface area contributed by atoms with Crippen molar-refractivity contribution < 1.29 is 19.2 Å². The fourth-order valence-electron chi connectivity index (χ4n) is 1.03. The van der Waals surface area contributed by atoms with Crippen LogP contribution in [0.5, 0.6) is 0 Å². The van der Waals surface area contributed by atoms with E-state index in [4.69, 9.17) is 5.11 Å². The van der Waals surface area contributed by atoms with Gasteiger partial charge >= 0.3 is 0 Å². The molecule has 0 saturated carbocycles. The van der Waals surface area contributed by atoms with E-state index < -0.39 is 16.8 Å². The van der Waals surface area contributed by atoms with E-state index in [1.807, 2.05) is 0 Å². The molecule has 0 aliphatic rings. The number of hydrogen-bond acceptors (Lipinski definition) is 4. The van der Waals surface area contributed by atoms with Gasteiger partial charge in [-0.05, 0) is 6.07 Å². The first-order valence-electron chi connectivity index (χ1n) is 3.96. The maximum Gasteiger partial charge on any atom is 0.0727 e. The highest BCUT2D eigenvalue weighted by Crippen LogP contribution is 2.12. The molecule has 0 fully saturated rings. The molecule has 1 aromatic rings. The van der Waals surface area contributed by atoms with Crippen molar-refractivity contribution in [3.8, 4) is 0 Å². The van der Waals surface area contributed by atoms with Crippen molar-refractivity contribution in [1.82, 2.24) is 0 Å². The predicted octanol–water partition coefficient (Wildman–Crippen LogP) is -0.850. The molecule has 0 bridgehead atoms. The molecule has 0 amide bonds. The highest BCUT2D eigenvalue weighted by molar-refractivity contribution is 7.85. The minimum atomic E-state index is -1.49. The van der Waals surface area contributed by atoms with Gasteiger partial charge in [0.25, 0.3) is 0 Å². The quantitative estimate of drug-likeness (QED) is 0.706. The lowest BCUT2D eigenvalue weighted by Crippen LogP contribution is -2.24. The van der Waals surface area contributed by atoms with Crippen molar-refractivity contribution in [3.05, 3.63) is 29.8 Å². The third kappa shape index (κ3) is 2.40. The summed E-state index contributed by atoms with van der Waals surface area (Å²) in [6, 6.07) is 5.92. The Hall–Kier alpha value is -1.20. The highest BCUT2D eigenvalue weighted by atomic mass is 32.2. The van der Waals surface area contributed by atoms with Crippen molar-refractivity contribution in [2.45, 2.75) is 4.90 Å². The van der Waals surface area contributed by atoms with Crippen molar-refractivity contribution in [2.24, 2.45) is 0 Å². The second-order valence-corrected chi connectivity index (χ2v) is 4.10. The maximum atomic E-state index is 11.4. The van der Waals surface area contributed by atoms with E-state index in [2.05, 4.69) is 0 Å². The van der Waals surface area contributed by atoms with Crippen molar-refractivity contribution >= 4 is 16.8 Å². The average Bonchev–Trinajstić information content (AvgIpc) is 2.18. The molecule has 4 nitrogen and oxygen atoms in total. The van der Waals surface area contributed by atoms with Crippen molar-refractivity contribution in [3.63, 3.8) is 0 Å². The zero-order chi connectivity index (χ0) is 10.6. The number of carboxylic acid groups (broad SMARTS) is 1. The zero-order valence-corrected chi connectivity index (χ0v) is 8.12. The summed E-state index contributed by atoms with van der Waals surface area (Å²) >= 11 is 0. The fraction of sp³-hybridized carbons (Fsp3) is 0.222. The van der Waals surface area contributed by atoms with Crippen molar-refractivity contribution in [2.75, 3.05) is 12.4 Å². The predicted molar refractivity (Wildman–Crippen MR) is 49.1 cm³/mol. The molecule has 5 heteroatoms. The second-order valence-electron chi connectivity index (χ2n) is 2.56. The molecule has 0 radical (unpaired) electrons. The molecule has 1 atom stereocenters. The van der Waals surface area contributed by atoms with Crippen LogP contribution < -0.4 is 5.11 Å². The number of rotatable bonds is 4. The van der Waals surface area contributed by atoms with Gasteiger partial charge in [0.2, 0.25) is 0 Å². The summed E-state index contributed by atoms with van der Waals surface area (Å²) in [5.74, 6) is -1.32. The van der Waals surface area contributed by atoms with Crippen LogP contribution in [-0.2, 0) is 10.8 Å². The van der Waals surface area contributed by atoms with E-state index >= 15 is 0 Å². The number of aromatic carboxylic acids is 1. The number of carbonyl (C=O) groups is 1. The summed E-state index contributed by atoms with van der Waals surface area (Å²) in [5, 5.41) is 19.2. The Bertz CT molecular complexity index is 362. The Morgan fingerprint density at radius 2 is 2.07 bits per heavy atom. The fourth-order valence-corrected chi connectivity index (χ4v) is 2.04. The summed E-state index contributed by atoms with van der Waals surface area (Å²) in [5.41, 5.74) is -0.0840. The topological polar surface area (TPSA) is 77.4 Å². The summed E-state index contributed by atoms with van der Waals surface area (Å²) < 4.78 is 11.4. The van der Waals surface area contributed by atoms with Gasteiger partial charge in [-0.25, -0.2) is 0 Å². The van der Waals surface area contributed by atoms with Crippen LogP contribution in [0.15, 0.2) is 29.2 Å². The van der Waals surface area contributed by atoms with E-state index in [0.717, 1.165) is 0 Å². The molecule has 76 valence electrons. The molecule has 0 spiro atoms. The monoisotopic (exact) mass is 213 g/mol. The molecule has 0 aliphatic carbocycles. The molecule has 0 heterocycles. The van der Waals surface area contributed by atoms with Gasteiger partial charge in [-0.1, -0.05) is 18.2 Å². The maximum absolute atomic E-state index is 11.4. The third-order valence-electron chi connectivity index (χ3n) is 1.63. The Morgan fingerprint density at radius 3 is 2.64 bits per heavy atom.